The SMILES string of the molecule is COC(=O)c1cc(-c2ccc[nH]2)sc1N. The third-order valence-corrected chi connectivity index (χ3v) is 3.03. The number of H-pyrrole nitrogens is 1. The van der Waals surface area contributed by atoms with Crippen molar-refractivity contribution < 1.29 is 9.53 Å². The minimum Gasteiger partial charge on any atom is -0.465 e. The van der Waals surface area contributed by atoms with Crippen molar-refractivity contribution in [2.45, 2.75) is 0 Å². The molecule has 0 spiro atoms. The van der Waals surface area contributed by atoms with Crippen molar-refractivity contribution in [3.05, 3.63) is 30.0 Å². The van der Waals surface area contributed by atoms with Crippen LogP contribution in [-0.4, -0.2) is 18.1 Å². The molecule has 0 fully saturated rings. The number of aromatic amines is 1. The fourth-order valence-corrected chi connectivity index (χ4v) is 2.19. The summed E-state index contributed by atoms with van der Waals surface area (Å²) in [4.78, 5) is 15.3. The first kappa shape index (κ1) is 9.79. The minimum absolute atomic E-state index is 0.401. The highest BCUT2D eigenvalue weighted by Gasteiger charge is 2.15. The zero-order valence-corrected chi connectivity index (χ0v) is 8.93. The van der Waals surface area contributed by atoms with Gasteiger partial charge in [-0.05, 0) is 18.2 Å². The van der Waals surface area contributed by atoms with Crippen LogP contribution in [0.2, 0.25) is 0 Å². The van der Waals surface area contributed by atoms with E-state index in [2.05, 4.69) is 9.72 Å². The first-order chi connectivity index (χ1) is 7.22. The highest BCUT2D eigenvalue weighted by molar-refractivity contribution is 7.19. The van der Waals surface area contributed by atoms with Crippen molar-refractivity contribution in [1.82, 2.24) is 4.98 Å². The van der Waals surface area contributed by atoms with E-state index in [1.807, 2.05) is 18.3 Å². The molecule has 2 aromatic rings. The lowest BCUT2D eigenvalue weighted by Gasteiger charge is -1.94. The first-order valence-corrected chi connectivity index (χ1v) is 5.15. The van der Waals surface area contributed by atoms with E-state index in [9.17, 15) is 4.79 Å². The number of aromatic nitrogens is 1. The van der Waals surface area contributed by atoms with Gasteiger partial charge in [0, 0.05) is 6.20 Å². The summed E-state index contributed by atoms with van der Waals surface area (Å²) < 4.78 is 4.63. The molecule has 0 aromatic carbocycles. The van der Waals surface area contributed by atoms with Crippen molar-refractivity contribution in [1.29, 1.82) is 0 Å². The molecule has 2 rings (SSSR count). The number of rotatable bonds is 2. The number of esters is 1. The van der Waals surface area contributed by atoms with Gasteiger partial charge in [-0.25, -0.2) is 4.79 Å². The van der Waals surface area contributed by atoms with Gasteiger partial charge in [-0.3, -0.25) is 0 Å². The fraction of sp³-hybridized carbons (Fsp3) is 0.100. The molecule has 15 heavy (non-hydrogen) atoms. The predicted molar refractivity (Wildman–Crippen MR) is 59.9 cm³/mol. The van der Waals surface area contributed by atoms with Crippen LogP contribution in [0, 0.1) is 0 Å². The Balaban J connectivity index is 2.41. The lowest BCUT2D eigenvalue weighted by molar-refractivity contribution is 0.0602. The lowest BCUT2D eigenvalue weighted by atomic mass is 10.2. The maximum atomic E-state index is 11.3. The summed E-state index contributed by atoms with van der Waals surface area (Å²) in [6.07, 6.45) is 1.82. The Labute approximate surface area is 90.7 Å². The van der Waals surface area contributed by atoms with Gasteiger partial charge in [0.1, 0.15) is 5.00 Å². The number of carbonyl (C=O) groups is 1. The van der Waals surface area contributed by atoms with Crippen LogP contribution in [0.15, 0.2) is 24.4 Å². The second-order valence-corrected chi connectivity index (χ2v) is 4.05. The van der Waals surface area contributed by atoms with Crippen LogP contribution < -0.4 is 5.73 Å². The van der Waals surface area contributed by atoms with Crippen molar-refractivity contribution in [3.63, 3.8) is 0 Å². The van der Waals surface area contributed by atoms with Gasteiger partial charge in [-0.2, -0.15) is 0 Å². The number of hydrogen-bond acceptors (Lipinski definition) is 4. The molecule has 78 valence electrons. The standard InChI is InChI=1S/C10H10N2O2S/c1-14-10(13)6-5-8(15-9(6)11)7-3-2-4-12-7/h2-5,12H,11H2,1H3. The molecule has 0 aliphatic carbocycles. The average molecular weight is 222 g/mol. The molecule has 0 saturated heterocycles. The fourth-order valence-electron chi connectivity index (χ4n) is 1.29. The zero-order valence-electron chi connectivity index (χ0n) is 8.11. The Kier molecular flexibility index (Phi) is 2.47. The second-order valence-electron chi connectivity index (χ2n) is 2.96. The number of ether oxygens (including phenoxy) is 1. The summed E-state index contributed by atoms with van der Waals surface area (Å²) in [6.45, 7) is 0. The molecule has 0 aliphatic rings. The molecule has 0 unspecified atom stereocenters. The predicted octanol–water partition coefficient (Wildman–Crippen LogP) is 2.11. The van der Waals surface area contributed by atoms with Crippen molar-refractivity contribution in [2.75, 3.05) is 12.8 Å². The number of nitrogens with one attached hydrogen (secondary N) is 1. The van der Waals surface area contributed by atoms with Crippen LogP contribution in [-0.2, 0) is 4.74 Å². The monoisotopic (exact) mass is 222 g/mol. The van der Waals surface area contributed by atoms with Crippen LogP contribution >= 0.6 is 11.3 Å². The Hall–Kier alpha value is -1.75. The van der Waals surface area contributed by atoms with Gasteiger partial charge in [0.2, 0.25) is 0 Å². The Bertz CT molecular complexity index is 474. The van der Waals surface area contributed by atoms with Crippen molar-refractivity contribution in [2.24, 2.45) is 0 Å². The highest BCUT2D eigenvalue weighted by Crippen LogP contribution is 2.32. The molecule has 5 heteroatoms. The number of carbonyl (C=O) groups excluding carboxylic acids is 1. The molecule has 4 nitrogen and oxygen atoms in total. The molecule has 3 N–H and O–H groups in total. The number of nitrogens with two attached hydrogens (primary N) is 1. The van der Waals surface area contributed by atoms with Crippen LogP contribution in [0.3, 0.4) is 0 Å². The van der Waals surface area contributed by atoms with Gasteiger partial charge in [0.05, 0.1) is 23.2 Å². The molecular formula is C10H10N2O2S. The summed E-state index contributed by atoms with van der Waals surface area (Å²) in [6, 6.07) is 5.55. The summed E-state index contributed by atoms with van der Waals surface area (Å²) in [5.41, 5.74) is 7.10. The van der Waals surface area contributed by atoms with Crippen LogP contribution in [0.25, 0.3) is 10.6 Å². The van der Waals surface area contributed by atoms with E-state index in [0.29, 0.717) is 10.6 Å². The quantitative estimate of drug-likeness (QED) is 0.765. The van der Waals surface area contributed by atoms with E-state index in [0.717, 1.165) is 10.6 Å². The third-order valence-electron chi connectivity index (χ3n) is 2.03. The summed E-state index contributed by atoms with van der Waals surface area (Å²) in [5, 5.41) is 0.478. The topological polar surface area (TPSA) is 68.1 Å². The van der Waals surface area contributed by atoms with E-state index in [4.69, 9.17) is 5.73 Å². The van der Waals surface area contributed by atoms with Crippen LogP contribution in [0.4, 0.5) is 5.00 Å². The van der Waals surface area contributed by atoms with Gasteiger partial charge in [-0.1, -0.05) is 0 Å². The van der Waals surface area contributed by atoms with Crippen LogP contribution in [0.5, 0.6) is 0 Å². The van der Waals surface area contributed by atoms with Crippen molar-refractivity contribution >= 4 is 22.3 Å². The maximum absolute atomic E-state index is 11.3. The highest BCUT2D eigenvalue weighted by atomic mass is 32.1. The smallest absolute Gasteiger partial charge is 0.340 e. The van der Waals surface area contributed by atoms with Crippen molar-refractivity contribution in [3.8, 4) is 10.6 Å². The largest absolute Gasteiger partial charge is 0.465 e. The Morgan fingerprint density at radius 3 is 3.00 bits per heavy atom. The van der Waals surface area contributed by atoms with Gasteiger partial charge < -0.3 is 15.5 Å². The van der Waals surface area contributed by atoms with E-state index < -0.39 is 5.97 Å². The molecule has 2 heterocycles. The van der Waals surface area contributed by atoms with Gasteiger partial charge in [-0.15, -0.1) is 11.3 Å². The second kappa shape index (κ2) is 3.78. The molecule has 0 bridgehead atoms. The first-order valence-electron chi connectivity index (χ1n) is 4.33. The maximum Gasteiger partial charge on any atom is 0.340 e. The number of hydrogen-bond donors (Lipinski definition) is 2. The van der Waals surface area contributed by atoms with E-state index >= 15 is 0 Å². The minimum atomic E-state index is -0.401. The summed E-state index contributed by atoms with van der Waals surface area (Å²) in [7, 11) is 1.34. The van der Waals surface area contributed by atoms with Gasteiger partial charge in [0.15, 0.2) is 0 Å². The number of anilines is 1. The zero-order chi connectivity index (χ0) is 10.8. The normalized spacial score (nSPS) is 10.2. The van der Waals surface area contributed by atoms with Gasteiger partial charge >= 0.3 is 5.97 Å². The van der Waals surface area contributed by atoms with E-state index in [1.165, 1.54) is 18.4 Å². The molecule has 0 amide bonds. The van der Waals surface area contributed by atoms with Gasteiger partial charge in [0.25, 0.3) is 0 Å². The Morgan fingerprint density at radius 1 is 1.60 bits per heavy atom. The van der Waals surface area contributed by atoms with E-state index in [-0.39, 0.29) is 0 Å². The molecule has 0 atom stereocenters. The van der Waals surface area contributed by atoms with E-state index in [1.54, 1.807) is 6.07 Å². The number of nitrogen functional groups attached to an aromatic ring is 1. The number of thiophene rings is 1. The van der Waals surface area contributed by atoms with Crippen LogP contribution in [0.1, 0.15) is 10.4 Å². The third kappa shape index (κ3) is 1.73. The summed E-state index contributed by atoms with van der Waals surface area (Å²) in [5.74, 6) is -0.401. The number of methoxy groups -OCH3 is 1. The molecule has 2 aromatic heterocycles. The summed E-state index contributed by atoms with van der Waals surface area (Å²) >= 11 is 1.36. The molecule has 0 aliphatic heterocycles. The molecule has 0 radical (unpaired) electrons. The average Bonchev–Trinajstić information content (AvgIpc) is 2.84. The Morgan fingerprint density at radius 2 is 2.40 bits per heavy atom. The molecule has 0 saturated carbocycles. The molecular weight excluding hydrogens is 212 g/mol. The lowest BCUT2D eigenvalue weighted by Crippen LogP contribution is -2.01.